The molecule has 1 unspecified atom stereocenters. The minimum absolute atomic E-state index is 0.114. The van der Waals surface area contributed by atoms with Crippen molar-refractivity contribution >= 4 is 11.7 Å². The first-order chi connectivity index (χ1) is 8.24. The van der Waals surface area contributed by atoms with Gasteiger partial charge >= 0.3 is 6.03 Å². The predicted molar refractivity (Wildman–Crippen MR) is 70.7 cm³/mol. The van der Waals surface area contributed by atoms with Gasteiger partial charge < -0.3 is 4.90 Å². The van der Waals surface area contributed by atoms with Gasteiger partial charge in [-0.2, -0.15) is 0 Å². The summed E-state index contributed by atoms with van der Waals surface area (Å²) in [6.45, 7) is 6.84. The first kappa shape index (κ1) is 15.6. The molecule has 0 saturated heterocycles. The molecule has 0 aromatic carbocycles. The number of nitrogens with zero attached hydrogens (tertiary/aromatic N) is 1. The molecule has 2 N–H and O–H groups in total. The van der Waals surface area contributed by atoms with Gasteiger partial charge in [0.15, 0.2) is 0 Å². The molecule has 0 saturated carbocycles. The van der Waals surface area contributed by atoms with Gasteiger partial charge in [-0.15, -0.1) is 7.05 Å². The van der Waals surface area contributed by atoms with Gasteiger partial charge in [0.25, 0.3) is 0 Å². The molecule has 1 rings (SSSR count). The summed E-state index contributed by atoms with van der Waals surface area (Å²) in [5.41, 5.74) is 0.708. The monoisotopic (exact) mass is 237 g/mol. The van der Waals surface area contributed by atoms with E-state index in [4.69, 9.17) is 0 Å². The number of anilines is 1. The van der Waals surface area contributed by atoms with Crippen molar-refractivity contribution in [1.82, 2.24) is 4.98 Å². The quantitative estimate of drug-likeness (QED) is 0.788. The summed E-state index contributed by atoms with van der Waals surface area (Å²) in [5, 5.41) is 2.75. The van der Waals surface area contributed by atoms with Gasteiger partial charge in [0, 0.05) is 6.20 Å². The number of carbonyl (C=O) groups excluding carboxylic acids is 1. The molecule has 2 amide bonds. The molecule has 0 aliphatic heterocycles. The highest BCUT2D eigenvalue weighted by atomic mass is 16.2. The Morgan fingerprint density at radius 1 is 1.53 bits per heavy atom. The Morgan fingerprint density at radius 2 is 2.24 bits per heavy atom. The molecule has 0 spiro atoms. The van der Waals surface area contributed by atoms with Gasteiger partial charge in [-0.25, -0.2) is 4.79 Å². The Labute approximate surface area is 104 Å². The maximum absolute atomic E-state index is 11.6. The van der Waals surface area contributed by atoms with E-state index in [-0.39, 0.29) is 6.03 Å². The minimum atomic E-state index is -0.114. The van der Waals surface area contributed by atoms with Crippen molar-refractivity contribution in [2.24, 2.45) is 0 Å². The lowest BCUT2D eigenvalue weighted by molar-refractivity contribution is -0.762. The molecule has 0 fully saturated rings. The lowest BCUT2D eigenvalue weighted by Crippen LogP contribution is -3.10. The highest BCUT2D eigenvalue weighted by Gasteiger charge is 2.08. The van der Waals surface area contributed by atoms with Crippen molar-refractivity contribution in [2.45, 2.75) is 33.6 Å². The van der Waals surface area contributed by atoms with Crippen LogP contribution >= 0.6 is 0 Å². The number of hydrogen-bond acceptors (Lipinski definition) is 2. The summed E-state index contributed by atoms with van der Waals surface area (Å²) >= 11 is 0. The van der Waals surface area contributed by atoms with Gasteiger partial charge in [0.05, 0.1) is 18.4 Å². The van der Waals surface area contributed by atoms with Crippen LogP contribution in [0, 0.1) is 7.05 Å². The summed E-state index contributed by atoms with van der Waals surface area (Å²) in [7, 11) is 3.76. The molecule has 96 valence electrons. The van der Waals surface area contributed by atoms with E-state index in [0.29, 0.717) is 10.6 Å². The van der Waals surface area contributed by atoms with Crippen molar-refractivity contribution in [3.05, 3.63) is 31.6 Å². The topological polar surface area (TPSA) is 46.4 Å². The van der Waals surface area contributed by atoms with Crippen molar-refractivity contribution in [2.75, 3.05) is 11.9 Å². The summed E-state index contributed by atoms with van der Waals surface area (Å²) in [6, 6.07) is 3.47. The third-order valence-electron chi connectivity index (χ3n) is 2.07. The minimum Gasteiger partial charge on any atom is -0.384 e. The lowest BCUT2D eigenvalue weighted by Gasteiger charge is -2.17. The summed E-state index contributed by atoms with van der Waals surface area (Å²) < 4.78 is 0. The molecule has 1 aromatic rings. The van der Waals surface area contributed by atoms with E-state index in [9.17, 15) is 4.79 Å². The Bertz CT molecular complexity index is 301. The molecule has 0 aliphatic rings. The standard InChI is InChI=1S/C11H17N3O.C2H6/c1-3-4-8-14(2)11(15)13-10-6-5-7-12-9-10;1-2/h5-7,9,14H,2-4,8H2,1H3,(H,13,15);1-2H3. The van der Waals surface area contributed by atoms with E-state index < -0.39 is 0 Å². The van der Waals surface area contributed by atoms with E-state index in [1.54, 1.807) is 24.5 Å². The van der Waals surface area contributed by atoms with E-state index in [1.165, 1.54) is 0 Å². The van der Waals surface area contributed by atoms with Crippen LogP contribution < -0.4 is 10.2 Å². The maximum Gasteiger partial charge on any atom is 0.393 e. The molecule has 1 heterocycles. The Hall–Kier alpha value is -1.42. The van der Waals surface area contributed by atoms with E-state index in [1.807, 2.05) is 13.8 Å². The molecule has 17 heavy (non-hydrogen) atoms. The second-order valence-corrected chi connectivity index (χ2v) is 3.40. The number of aromatic nitrogens is 1. The van der Waals surface area contributed by atoms with Crippen LogP contribution in [0.2, 0.25) is 0 Å². The molecule has 4 nitrogen and oxygen atoms in total. The third kappa shape index (κ3) is 6.68. The van der Waals surface area contributed by atoms with E-state index >= 15 is 0 Å². The number of unbranched alkanes of at least 4 members (excludes halogenated alkanes) is 1. The van der Waals surface area contributed by atoms with Crippen LogP contribution in [0.25, 0.3) is 0 Å². The number of pyridine rings is 1. The first-order valence-corrected chi connectivity index (χ1v) is 6.13. The molecular formula is C13H23N3O. The average Bonchev–Trinajstić information content (AvgIpc) is 2.39. The van der Waals surface area contributed by atoms with Gasteiger partial charge in [-0.3, -0.25) is 10.3 Å². The average molecular weight is 237 g/mol. The summed E-state index contributed by atoms with van der Waals surface area (Å²) in [5.74, 6) is 0. The largest absolute Gasteiger partial charge is 0.393 e. The van der Waals surface area contributed by atoms with Crippen LogP contribution in [-0.2, 0) is 0 Å². The van der Waals surface area contributed by atoms with E-state index in [0.717, 1.165) is 19.4 Å². The Kier molecular flexibility index (Phi) is 8.96. The van der Waals surface area contributed by atoms with Crippen molar-refractivity contribution in [3.63, 3.8) is 0 Å². The van der Waals surface area contributed by atoms with Crippen LogP contribution in [0.1, 0.15) is 33.6 Å². The zero-order valence-electron chi connectivity index (χ0n) is 11.0. The van der Waals surface area contributed by atoms with Gasteiger partial charge in [0.1, 0.15) is 0 Å². The van der Waals surface area contributed by atoms with Crippen LogP contribution in [0.15, 0.2) is 24.5 Å². The second kappa shape index (κ2) is 9.78. The fraction of sp³-hybridized carbons (Fsp3) is 0.462. The predicted octanol–water partition coefficient (Wildman–Crippen LogP) is 2.12. The summed E-state index contributed by atoms with van der Waals surface area (Å²) in [6.07, 6.45) is 5.35. The molecule has 4 heteroatoms. The number of nitrogens with one attached hydrogen (secondary N) is 2. The molecule has 1 atom stereocenters. The number of rotatable bonds is 4. The van der Waals surface area contributed by atoms with Crippen LogP contribution in [-0.4, -0.2) is 17.6 Å². The van der Waals surface area contributed by atoms with Crippen molar-refractivity contribution < 1.29 is 9.69 Å². The van der Waals surface area contributed by atoms with Crippen LogP contribution in [0.5, 0.6) is 0 Å². The highest BCUT2D eigenvalue weighted by molar-refractivity contribution is 5.82. The molecule has 0 radical (unpaired) electrons. The first-order valence-electron chi connectivity index (χ1n) is 6.13. The number of quaternary nitrogens is 1. The molecule has 1 aromatic heterocycles. The molecule has 0 aliphatic carbocycles. The van der Waals surface area contributed by atoms with Crippen LogP contribution in [0.4, 0.5) is 10.5 Å². The maximum atomic E-state index is 11.6. The molecular weight excluding hydrogens is 214 g/mol. The second-order valence-electron chi connectivity index (χ2n) is 3.40. The zero-order chi connectivity index (χ0) is 13.1. The van der Waals surface area contributed by atoms with Gasteiger partial charge in [0.2, 0.25) is 0 Å². The van der Waals surface area contributed by atoms with E-state index in [2.05, 4.69) is 24.3 Å². The smallest absolute Gasteiger partial charge is 0.384 e. The van der Waals surface area contributed by atoms with Gasteiger partial charge in [-0.05, 0) is 18.6 Å². The number of carbonyl (C=O) groups is 1. The third-order valence-corrected chi connectivity index (χ3v) is 2.07. The number of hydrogen-bond donors (Lipinski definition) is 2. The Morgan fingerprint density at radius 3 is 2.76 bits per heavy atom. The fourth-order valence-corrected chi connectivity index (χ4v) is 1.16. The fourth-order valence-electron chi connectivity index (χ4n) is 1.16. The zero-order valence-corrected chi connectivity index (χ0v) is 11.0. The lowest BCUT2D eigenvalue weighted by atomic mass is 10.3. The summed E-state index contributed by atoms with van der Waals surface area (Å²) in [4.78, 5) is 16.1. The number of urea groups is 1. The highest BCUT2D eigenvalue weighted by Crippen LogP contribution is 2.00. The number of amides is 2. The molecule has 0 bridgehead atoms. The van der Waals surface area contributed by atoms with Crippen LogP contribution in [0.3, 0.4) is 0 Å². The Balaban J connectivity index is 0.00000121. The van der Waals surface area contributed by atoms with Crippen molar-refractivity contribution in [1.29, 1.82) is 0 Å². The van der Waals surface area contributed by atoms with Gasteiger partial charge in [-0.1, -0.05) is 27.2 Å². The van der Waals surface area contributed by atoms with Crippen molar-refractivity contribution in [3.8, 4) is 0 Å². The SMILES string of the molecule is CC.[CH2-][NH+](CCCC)C(=O)Nc1cccnc1. The normalized spacial score (nSPS) is 11.1.